The molecule has 5 nitrogen and oxygen atoms in total. The van der Waals surface area contributed by atoms with Gasteiger partial charge in [0.25, 0.3) is 0 Å². The van der Waals surface area contributed by atoms with Crippen molar-refractivity contribution >= 4 is 22.6 Å². The van der Waals surface area contributed by atoms with Crippen molar-refractivity contribution in [2.24, 2.45) is 0 Å². The van der Waals surface area contributed by atoms with Crippen molar-refractivity contribution in [3.63, 3.8) is 0 Å². The minimum Gasteiger partial charge on any atom is -0.455 e. The lowest BCUT2D eigenvalue weighted by Crippen LogP contribution is -2.05. The largest absolute Gasteiger partial charge is 0.455 e. The summed E-state index contributed by atoms with van der Waals surface area (Å²) in [6, 6.07) is 8.16. The van der Waals surface area contributed by atoms with Gasteiger partial charge in [-0.2, -0.15) is 0 Å². The first-order chi connectivity index (χ1) is 10.5. The van der Waals surface area contributed by atoms with E-state index >= 15 is 0 Å². The first-order valence-electron chi connectivity index (χ1n) is 6.77. The molecule has 2 heterocycles. The molecular formula is C17H14N2O3. The number of carbonyl (C=O) groups excluding carboxylic acids is 1. The van der Waals surface area contributed by atoms with E-state index in [0.717, 1.165) is 5.56 Å². The average Bonchev–Trinajstić information content (AvgIpc) is 2.47. The monoisotopic (exact) mass is 294 g/mol. The second-order valence-electron chi connectivity index (χ2n) is 5.19. The zero-order valence-electron chi connectivity index (χ0n) is 12.2. The first-order valence-corrected chi connectivity index (χ1v) is 6.77. The van der Waals surface area contributed by atoms with Gasteiger partial charge in [0.05, 0.1) is 10.9 Å². The molecule has 0 saturated carbocycles. The number of aromatic nitrogens is 1. The van der Waals surface area contributed by atoms with Crippen LogP contribution in [0.25, 0.3) is 22.3 Å². The molecule has 22 heavy (non-hydrogen) atoms. The molecule has 0 unspecified atom stereocenters. The second kappa shape index (κ2) is 5.11. The fraction of sp³-hybridized carbons (Fsp3) is 0.118. The highest BCUT2D eigenvalue weighted by molar-refractivity contribution is 6.05. The Morgan fingerprint density at radius 3 is 2.68 bits per heavy atom. The van der Waals surface area contributed by atoms with E-state index in [4.69, 9.17) is 10.2 Å². The molecule has 3 aromatic rings. The minimum atomic E-state index is -0.196. The fourth-order valence-electron chi connectivity index (χ4n) is 2.41. The second-order valence-corrected chi connectivity index (χ2v) is 5.19. The lowest BCUT2D eigenvalue weighted by Gasteiger charge is -2.07. The van der Waals surface area contributed by atoms with E-state index in [9.17, 15) is 9.59 Å². The summed E-state index contributed by atoms with van der Waals surface area (Å²) < 4.78 is 5.83. The molecule has 5 heteroatoms. The topological polar surface area (TPSA) is 86.2 Å². The van der Waals surface area contributed by atoms with E-state index in [1.54, 1.807) is 24.3 Å². The van der Waals surface area contributed by atoms with Gasteiger partial charge in [0, 0.05) is 17.8 Å². The van der Waals surface area contributed by atoms with E-state index in [1.165, 1.54) is 19.2 Å². The highest BCUT2D eigenvalue weighted by Crippen LogP contribution is 2.26. The van der Waals surface area contributed by atoms with Crippen LogP contribution >= 0.6 is 0 Å². The zero-order chi connectivity index (χ0) is 15.9. The van der Waals surface area contributed by atoms with Gasteiger partial charge in [0.2, 0.25) is 0 Å². The summed E-state index contributed by atoms with van der Waals surface area (Å²) in [7, 11) is 0. The number of Topliss-reactive ketones (excluding diaryl/α,β-unsaturated/α-hetero) is 1. The van der Waals surface area contributed by atoms with E-state index in [-0.39, 0.29) is 11.2 Å². The Morgan fingerprint density at radius 1 is 1.23 bits per heavy atom. The number of nitrogens with zero attached hydrogens (tertiary/aromatic N) is 1. The summed E-state index contributed by atoms with van der Waals surface area (Å²) in [5.74, 6) is 0.539. The van der Waals surface area contributed by atoms with Crippen molar-refractivity contribution in [2.45, 2.75) is 13.8 Å². The Balaban J connectivity index is 2.37. The Bertz CT molecular complexity index is 958. The van der Waals surface area contributed by atoms with Crippen LogP contribution in [0.3, 0.4) is 0 Å². The van der Waals surface area contributed by atoms with Crippen molar-refractivity contribution in [3.8, 4) is 11.3 Å². The van der Waals surface area contributed by atoms with E-state index in [1.807, 2.05) is 6.92 Å². The molecule has 3 rings (SSSR count). The van der Waals surface area contributed by atoms with Gasteiger partial charge < -0.3 is 10.2 Å². The lowest BCUT2D eigenvalue weighted by atomic mass is 10.0. The molecule has 0 amide bonds. The van der Waals surface area contributed by atoms with Crippen LogP contribution in [0.4, 0.5) is 5.82 Å². The number of nitrogens with two attached hydrogens (primary N) is 1. The van der Waals surface area contributed by atoms with Crippen molar-refractivity contribution in [1.82, 2.24) is 4.98 Å². The molecule has 0 spiro atoms. The maximum absolute atomic E-state index is 12.4. The van der Waals surface area contributed by atoms with E-state index < -0.39 is 0 Å². The summed E-state index contributed by atoms with van der Waals surface area (Å²) in [6.45, 7) is 3.29. The summed E-state index contributed by atoms with van der Waals surface area (Å²) in [4.78, 5) is 28.1. The Morgan fingerprint density at radius 2 is 2.00 bits per heavy atom. The smallest absolute Gasteiger partial charge is 0.193 e. The lowest BCUT2D eigenvalue weighted by molar-refractivity contribution is 0.101. The fourth-order valence-corrected chi connectivity index (χ4v) is 2.41. The Kier molecular flexibility index (Phi) is 3.25. The predicted octanol–water partition coefficient (Wildman–Crippen LogP) is 2.95. The molecule has 110 valence electrons. The number of nitrogen functional groups attached to an aromatic ring is 1. The van der Waals surface area contributed by atoms with Crippen molar-refractivity contribution in [3.05, 3.63) is 57.9 Å². The van der Waals surface area contributed by atoms with Crippen molar-refractivity contribution in [1.29, 1.82) is 0 Å². The van der Waals surface area contributed by atoms with Gasteiger partial charge in [-0.15, -0.1) is 0 Å². The van der Waals surface area contributed by atoms with Crippen LogP contribution in [-0.4, -0.2) is 10.8 Å². The van der Waals surface area contributed by atoms with Gasteiger partial charge in [0.15, 0.2) is 11.2 Å². The van der Waals surface area contributed by atoms with Crippen molar-refractivity contribution < 1.29 is 9.21 Å². The summed E-state index contributed by atoms with van der Waals surface area (Å²) in [5, 5.41) is 0.399. The summed E-state index contributed by atoms with van der Waals surface area (Å²) in [6.07, 6.45) is 1.54. The van der Waals surface area contributed by atoms with Crippen LogP contribution in [0.1, 0.15) is 22.8 Å². The molecule has 0 atom stereocenters. The third-order valence-corrected chi connectivity index (χ3v) is 3.42. The average molecular weight is 294 g/mol. The predicted molar refractivity (Wildman–Crippen MR) is 84.9 cm³/mol. The molecule has 0 saturated heterocycles. The molecule has 0 bridgehead atoms. The van der Waals surface area contributed by atoms with Crippen molar-refractivity contribution in [2.75, 3.05) is 5.73 Å². The van der Waals surface area contributed by atoms with Gasteiger partial charge in [-0.05, 0) is 43.7 Å². The standard InChI is InChI=1S/C17H14N2O3/c1-9-5-12(10(2)20)17-13(6-9)14(21)8-15(22-17)11-3-4-19-16(18)7-11/h3-8H,1-2H3,(H2,18,19). The number of aryl methyl sites for hydroxylation is 1. The van der Waals surface area contributed by atoms with Crippen LogP contribution in [0.5, 0.6) is 0 Å². The number of carbonyl (C=O) groups is 1. The van der Waals surface area contributed by atoms with Gasteiger partial charge in [-0.1, -0.05) is 0 Å². The van der Waals surface area contributed by atoms with E-state index in [2.05, 4.69) is 4.98 Å². The highest BCUT2D eigenvalue weighted by Gasteiger charge is 2.14. The SMILES string of the molecule is CC(=O)c1cc(C)cc2c(=O)cc(-c3ccnc(N)c3)oc12. The van der Waals surface area contributed by atoms with E-state index in [0.29, 0.717) is 33.7 Å². The number of ketones is 1. The first kappa shape index (κ1) is 14.0. The van der Waals surface area contributed by atoms with Crippen LogP contribution in [0, 0.1) is 6.92 Å². The molecule has 0 aliphatic heterocycles. The normalized spacial score (nSPS) is 10.8. The molecule has 0 aliphatic carbocycles. The van der Waals surface area contributed by atoms with Crippen LogP contribution in [-0.2, 0) is 0 Å². The molecule has 0 aliphatic rings. The molecule has 0 fully saturated rings. The van der Waals surface area contributed by atoms with Gasteiger partial charge in [-0.3, -0.25) is 9.59 Å². The number of rotatable bonds is 2. The number of hydrogen-bond acceptors (Lipinski definition) is 5. The van der Waals surface area contributed by atoms with Gasteiger partial charge >= 0.3 is 0 Å². The number of anilines is 1. The third kappa shape index (κ3) is 2.37. The van der Waals surface area contributed by atoms with Crippen LogP contribution in [0.15, 0.2) is 45.7 Å². The van der Waals surface area contributed by atoms with Crippen LogP contribution in [0.2, 0.25) is 0 Å². The minimum absolute atomic E-state index is 0.150. The maximum atomic E-state index is 12.4. The number of hydrogen-bond donors (Lipinski definition) is 1. The zero-order valence-corrected chi connectivity index (χ0v) is 12.2. The quantitative estimate of drug-likeness (QED) is 0.734. The number of fused-ring (bicyclic) bond motifs is 1. The molecule has 1 aromatic carbocycles. The summed E-state index contributed by atoms with van der Waals surface area (Å²) in [5.41, 5.74) is 7.64. The molecular weight excluding hydrogens is 280 g/mol. The Labute approximate surface area is 126 Å². The van der Waals surface area contributed by atoms with Gasteiger partial charge in [0.1, 0.15) is 17.2 Å². The summed E-state index contributed by atoms with van der Waals surface area (Å²) >= 11 is 0. The molecule has 2 aromatic heterocycles. The number of benzene rings is 1. The molecule has 2 N–H and O–H groups in total. The maximum Gasteiger partial charge on any atom is 0.193 e. The molecule has 0 radical (unpaired) electrons. The van der Waals surface area contributed by atoms with Gasteiger partial charge in [-0.25, -0.2) is 4.98 Å². The van der Waals surface area contributed by atoms with Crippen LogP contribution < -0.4 is 11.2 Å². The number of pyridine rings is 1. The Hall–Kier alpha value is -2.95. The highest BCUT2D eigenvalue weighted by atomic mass is 16.3. The third-order valence-electron chi connectivity index (χ3n) is 3.42.